The number of rotatable bonds is 8. The molecule has 4 amide bonds. The summed E-state index contributed by atoms with van der Waals surface area (Å²) in [6, 6.07) is 10.9. The second kappa shape index (κ2) is 11.0. The van der Waals surface area contributed by atoms with E-state index in [0.717, 1.165) is 42.0 Å². The number of hydrogen-bond donors (Lipinski definition) is 1. The molecule has 39 heavy (non-hydrogen) atoms. The topological polar surface area (TPSA) is 130 Å². The Labute approximate surface area is 227 Å². The van der Waals surface area contributed by atoms with E-state index in [1.807, 2.05) is 13.0 Å². The van der Waals surface area contributed by atoms with E-state index >= 15 is 0 Å². The maximum absolute atomic E-state index is 13.1. The summed E-state index contributed by atoms with van der Waals surface area (Å²) in [4.78, 5) is 53.2. The lowest BCUT2D eigenvalue weighted by molar-refractivity contribution is -0.136. The van der Waals surface area contributed by atoms with Gasteiger partial charge >= 0.3 is 0 Å². The molecule has 10 nitrogen and oxygen atoms in total. The van der Waals surface area contributed by atoms with Crippen LogP contribution >= 0.6 is 0 Å². The predicted octanol–water partition coefficient (Wildman–Crippen LogP) is 2.37. The lowest BCUT2D eigenvalue weighted by Gasteiger charge is -2.32. The minimum atomic E-state index is -3.77. The summed E-state index contributed by atoms with van der Waals surface area (Å²) in [5.41, 5.74) is 2.54. The normalized spacial score (nSPS) is 20.8. The molecule has 0 aliphatic carbocycles. The third kappa shape index (κ3) is 5.66. The Morgan fingerprint density at radius 3 is 2.31 bits per heavy atom. The third-order valence-electron chi connectivity index (χ3n) is 7.69. The van der Waals surface area contributed by atoms with Gasteiger partial charge in [0.25, 0.3) is 21.9 Å². The number of benzene rings is 2. The zero-order valence-corrected chi connectivity index (χ0v) is 22.5. The van der Waals surface area contributed by atoms with Crippen molar-refractivity contribution in [1.29, 1.82) is 0 Å². The second-order valence-electron chi connectivity index (χ2n) is 10.3. The van der Waals surface area contributed by atoms with Crippen molar-refractivity contribution in [3.8, 4) is 0 Å². The quantitative estimate of drug-likeness (QED) is 0.300. The standard InChI is InChI=1S/C28H31N3O7S/c1-18-3-6-21(7-4-18)39(36,37)38-16-2-13-30-14-11-19(12-15-30)20-5-8-22-23(17-20)28(35)31(27(22)34)24-9-10-25(32)29-26(24)33/h3-8,17,19,24H,2,9-16H2,1H3,(H,29,32,33). The van der Waals surface area contributed by atoms with Gasteiger partial charge in [-0.1, -0.05) is 23.8 Å². The van der Waals surface area contributed by atoms with Crippen molar-refractivity contribution < 1.29 is 31.8 Å². The fourth-order valence-electron chi connectivity index (χ4n) is 5.46. The number of amides is 4. The summed E-state index contributed by atoms with van der Waals surface area (Å²) in [5, 5.41) is 2.21. The summed E-state index contributed by atoms with van der Waals surface area (Å²) in [6.45, 7) is 4.36. The van der Waals surface area contributed by atoms with Gasteiger partial charge in [-0.25, -0.2) is 0 Å². The lowest BCUT2D eigenvalue weighted by Crippen LogP contribution is -2.54. The van der Waals surface area contributed by atoms with Crippen molar-refractivity contribution in [3.05, 3.63) is 64.7 Å². The molecular formula is C28H31N3O7S. The van der Waals surface area contributed by atoms with E-state index in [1.165, 1.54) is 0 Å². The number of piperidine rings is 2. The van der Waals surface area contributed by atoms with Crippen LogP contribution in [0.1, 0.15) is 69.9 Å². The highest BCUT2D eigenvalue weighted by Crippen LogP contribution is 2.33. The molecule has 11 heteroatoms. The number of nitrogens with one attached hydrogen (secondary N) is 1. The Kier molecular flexibility index (Phi) is 7.66. The van der Waals surface area contributed by atoms with Crippen LogP contribution in [0.2, 0.25) is 0 Å². The van der Waals surface area contributed by atoms with Crippen molar-refractivity contribution in [2.24, 2.45) is 0 Å². The molecule has 0 aromatic heterocycles. The molecule has 2 aromatic rings. The zero-order chi connectivity index (χ0) is 27.7. The van der Waals surface area contributed by atoms with Crippen molar-refractivity contribution in [2.75, 3.05) is 26.2 Å². The Morgan fingerprint density at radius 2 is 1.62 bits per heavy atom. The van der Waals surface area contributed by atoms with E-state index < -0.39 is 39.8 Å². The maximum atomic E-state index is 13.1. The van der Waals surface area contributed by atoms with Crippen LogP contribution in [0.25, 0.3) is 0 Å². The van der Waals surface area contributed by atoms with Gasteiger partial charge in [0.05, 0.1) is 22.6 Å². The molecule has 2 saturated heterocycles. The molecular weight excluding hydrogens is 522 g/mol. The molecule has 0 saturated carbocycles. The van der Waals surface area contributed by atoms with Crippen molar-refractivity contribution in [2.45, 2.75) is 55.9 Å². The Balaban J connectivity index is 1.13. The number of carbonyl (C=O) groups excluding carboxylic acids is 4. The molecule has 0 radical (unpaired) electrons. The third-order valence-corrected chi connectivity index (χ3v) is 9.02. The van der Waals surface area contributed by atoms with Crippen LogP contribution in [0.4, 0.5) is 0 Å². The van der Waals surface area contributed by atoms with Gasteiger partial charge < -0.3 is 4.90 Å². The minimum absolute atomic E-state index is 0.0856. The molecule has 3 heterocycles. The smallest absolute Gasteiger partial charge is 0.296 e. The first-order valence-corrected chi connectivity index (χ1v) is 14.6. The fourth-order valence-corrected chi connectivity index (χ4v) is 6.40. The number of aryl methyl sites for hydroxylation is 1. The monoisotopic (exact) mass is 553 g/mol. The number of nitrogens with zero attached hydrogens (tertiary/aromatic N) is 2. The van der Waals surface area contributed by atoms with Crippen LogP contribution in [0, 0.1) is 6.92 Å². The zero-order valence-electron chi connectivity index (χ0n) is 21.7. The van der Waals surface area contributed by atoms with Crippen molar-refractivity contribution in [1.82, 2.24) is 15.1 Å². The van der Waals surface area contributed by atoms with E-state index in [-0.39, 0.29) is 35.8 Å². The minimum Gasteiger partial charge on any atom is -0.303 e. The molecule has 1 N–H and O–H groups in total. The van der Waals surface area contributed by atoms with Gasteiger partial charge in [-0.3, -0.25) is 33.6 Å². The van der Waals surface area contributed by atoms with Crippen LogP contribution < -0.4 is 5.32 Å². The van der Waals surface area contributed by atoms with E-state index in [1.54, 1.807) is 36.4 Å². The van der Waals surface area contributed by atoms with E-state index in [0.29, 0.717) is 18.5 Å². The van der Waals surface area contributed by atoms with Crippen LogP contribution in [0.3, 0.4) is 0 Å². The predicted molar refractivity (Wildman–Crippen MR) is 140 cm³/mol. The molecule has 1 atom stereocenters. The lowest BCUT2D eigenvalue weighted by atomic mass is 9.88. The van der Waals surface area contributed by atoms with E-state index in [4.69, 9.17) is 4.18 Å². The largest absolute Gasteiger partial charge is 0.303 e. The molecule has 206 valence electrons. The summed E-state index contributed by atoms with van der Waals surface area (Å²) in [5.74, 6) is -1.80. The summed E-state index contributed by atoms with van der Waals surface area (Å²) >= 11 is 0. The number of hydrogen-bond acceptors (Lipinski definition) is 8. The fraction of sp³-hybridized carbons (Fsp3) is 0.429. The molecule has 0 bridgehead atoms. The summed E-state index contributed by atoms with van der Waals surface area (Å²) in [7, 11) is -3.77. The summed E-state index contributed by atoms with van der Waals surface area (Å²) < 4.78 is 29.9. The van der Waals surface area contributed by atoms with Crippen molar-refractivity contribution >= 4 is 33.7 Å². The molecule has 1 unspecified atom stereocenters. The number of fused-ring (bicyclic) bond motifs is 1. The molecule has 2 fully saturated rings. The number of likely N-dealkylation sites (tertiary alicyclic amines) is 1. The van der Waals surface area contributed by atoms with Gasteiger partial charge in [0.1, 0.15) is 6.04 Å². The van der Waals surface area contributed by atoms with Crippen LogP contribution in [0.5, 0.6) is 0 Å². The molecule has 0 spiro atoms. The van der Waals surface area contributed by atoms with Gasteiger partial charge in [-0.05, 0) is 81.4 Å². The molecule has 3 aliphatic heterocycles. The van der Waals surface area contributed by atoms with Gasteiger partial charge in [0.15, 0.2) is 0 Å². The van der Waals surface area contributed by atoms with Crippen LogP contribution in [-0.4, -0.2) is 74.1 Å². The first-order valence-electron chi connectivity index (χ1n) is 13.2. The van der Waals surface area contributed by atoms with Gasteiger partial charge in [0, 0.05) is 13.0 Å². The number of imide groups is 2. The highest BCUT2D eigenvalue weighted by Gasteiger charge is 2.44. The van der Waals surface area contributed by atoms with Gasteiger partial charge in [-0.2, -0.15) is 8.42 Å². The highest BCUT2D eigenvalue weighted by molar-refractivity contribution is 7.86. The average Bonchev–Trinajstić information content (AvgIpc) is 3.16. The molecule has 2 aromatic carbocycles. The van der Waals surface area contributed by atoms with E-state index in [9.17, 15) is 27.6 Å². The van der Waals surface area contributed by atoms with Crippen molar-refractivity contribution in [3.63, 3.8) is 0 Å². The maximum Gasteiger partial charge on any atom is 0.296 e. The molecule has 3 aliphatic rings. The Bertz CT molecular complexity index is 1410. The Morgan fingerprint density at radius 1 is 0.923 bits per heavy atom. The van der Waals surface area contributed by atoms with Gasteiger partial charge in [-0.15, -0.1) is 0 Å². The highest BCUT2D eigenvalue weighted by atomic mass is 32.2. The second-order valence-corrected chi connectivity index (χ2v) is 11.9. The average molecular weight is 554 g/mol. The first kappa shape index (κ1) is 27.2. The van der Waals surface area contributed by atoms with E-state index in [2.05, 4.69) is 10.2 Å². The van der Waals surface area contributed by atoms with Crippen LogP contribution in [0.15, 0.2) is 47.4 Å². The summed E-state index contributed by atoms with van der Waals surface area (Å²) in [6.07, 6.45) is 2.52. The Hall–Kier alpha value is -3.41. The number of carbonyl (C=O) groups is 4. The van der Waals surface area contributed by atoms with Crippen LogP contribution in [-0.2, 0) is 23.9 Å². The van der Waals surface area contributed by atoms with Gasteiger partial charge in [0.2, 0.25) is 11.8 Å². The molecule has 5 rings (SSSR count). The first-order chi connectivity index (χ1) is 18.6. The SMILES string of the molecule is Cc1ccc(S(=O)(=O)OCCCN2CCC(c3ccc4c(c3)C(=O)N(C3CCC(=O)NC3=O)C4=O)CC2)cc1.